The lowest BCUT2D eigenvalue weighted by Crippen LogP contribution is -2.22. The van der Waals surface area contributed by atoms with Crippen molar-refractivity contribution >= 4 is 36.1 Å². The Morgan fingerprint density at radius 3 is 1.39 bits per heavy atom. The van der Waals surface area contributed by atoms with Gasteiger partial charge in [-0.25, -0.2) is 0 Å². The van der Waals surface area contributed by atoms with Crippen LogP contribution in [-0.4, -0.2) is 0 Å². The fourth-order valence-electron chi connectivity index (χ4n) is 3.58. The molecule has 0 radical (unpaired) electrons. The summed E-state index contributed by atoms with van der Waals surface area (Å²) < 4.78 is 0. The van der Waals surface area contributed by atoms with Gasteiger partial charge in [0.1, 0.15) is 0 Å². The molecule has 0 amide bonds. The first kappa shape index (κ1) is 22.5. The summed E-state index contributed by atoms with van der Waals surface area (Å²) in [6, 6.07) is 40.8. The minimum atomic E-state index is -0.311. The fourth-order valence-corrected chi connectivity index (χ4v) is 4.21. The third-order valence-corrected chi connectivity index (χ3v) is 5.87. The van der Waals surface area contributed by atoms with Gasteiger partial charge in [-0.05, 0) is 27.8 Å². The number of hydrogen-bond donors (Lipinski definition) is 0. The van der Waals surface area contributed by atoms with Crippen molar-refractivity contribution in [3.05, 3.63) is 132 Å². The molecular weight excluding hydrogens is 442 g/mol. The van der Waals surface area contributed by atoms with Crippen molar-refractivity contribution in [3.63, 3.8) is 0 Å². The van der Waals surface area contributed by atoms with Crippen LogP contribution in [0.1, 0.15) is 16.7 Å². The van der Waals surface area contributed by atoms with E-state index in [0.717, 1.165) is 0 Å². The Labute approximate surface area is 184 Å². The van der Waals surface area contributed by atoms with Gasteiger partial charge in [0.15, 0.2) is 0 Å². The van der Waals surface area contributed by atoms with Crippen LogP contribution in [0, 0.1) is 0 Å². The highest BCUT2D eigenvalue weighted by molar-refractivity contribution is 8.93. The van der Waals surface area contributed by atoms with Crippen LogP contribution >= 0.6 is 36.1 Å². The lowest BCUT2D eigenvalue weighted by Gasteiger charge is -2.33. The van der Waals surface area contributed by atoms with Gasteiger partial charge < -0.3 is 0 Å². The molecule has 0 aliphatic heterocycles. The molecule has 0 nitrogen and oxygen atoms in total. The first-order chi connectivity index (χ1) is 12.8. The van der Waals surface area contributed by atoms with Crippen LogP contribution < -0.4 is 0 Å². The van der Waals surface area contributed by atoms with Crippen LogP contribution in [0.2, 0.25) is 0 Å². The van der Waals surface area contributed by atoms with Crippen LogP contribution in [-0.2, 0) is 5.16 Å². The van der Waals surface area contributed by atoms with Crippen molar-refractivity contribution < 1.29 is 0 Å². The van der Waals surface area contributed by atoms with Gasteiger partial charge >= 0.3 is 0 Å². The molecule has 4 aromatic carbocycles. The molecule has 0 saturated heterocycles. The molecule has 0 N–H and O–H groups in total. The molecule has 3 heteroatoms. The summed E-state index contributed by atoms with van der Waals surface area (Å²) in [6.45, 7) is 0. The summed E-state index contributed by atoms with van der Waals surface area (Å²) in [5.41, 5.74) is 6.31. The molecule has 28 heavy (non-hydrogen) atoms. The molecule has 4 rings (SSSR count). The molecule has 0 aromatic heterocycles. The van der Waals surface area contributed by atoms with Gasteiger partial charge in [-0.3, -0.25) is 0 Å². The first-order valence-corrected chi connectivity index (χ1v) is 9.43. The van der Waals surface area contributed by atoms with Gasteiger partial charge in [0, 0.05) is 0 Å². The van der Waals surface area contributed by atoms with Crippen molar-refractivity contribution in [2.24, 2.45) is 0 Å². The molecule has 142 valence electrons. The van der Waals surface area contributed by atoms with Crippen LogP contribution in [0.3, 0.4) is 0 Å². The highest BCUT2D eigenvalue weighted by atomic mass is 79.9. The Morgan fingerprint density at radius 1 is 0.500 bits per heavy atom. The summed E-state index contributed by atoms with van der Waals surface area (Å²) in [6.07, 6.45) is 0. The highest BCUT2D eigenvalue weighted by Gasteiger charge is 2.33. The Hall–Kier alpha value is -1.78. The predicted molar refractivity (Wildman–Crippen MR) is 136 cm³/mol. The van der Waals surface area contributed by atoms with Crippen LogP contribution in [0.25, 0.3) is 11.1 Å². The fraction of sp³-hybridized carbons (Fsp3) is 0.0400. The zero-order chi connectivity index (χ0) is 17.8. The monoisotopic (exact) mass is 466 g/mol. The van der Waals surface area contributed by atoms with Crippen molar-refractivity contribution in [1.82, 2.24) is 0 Å². The van der Waals surface area contributed by atoms with E-state index in [2.05, 4.69) is 125 Å². The van der Waals surface area contributed by atoms with Gasteiger partial charge in [0.25, 0.3) is 0 Å². The Bertz CT molecular complexity index is 947. The molecule has 0 aliphatic rings. The lowest BCUT2D eigenvalue weighted by molar-refractivity contribution is 0.899. The molecule has 2 unspecified atom stereocenters. The Balaban J connectivity index is 0.00000140. The van der Waals surface area contributed by atoms with Crippen molar-refractivity contribution in [3.8, 4) is 11.1 Å². The zero-order valence-electron chi connectivity index (χ0n) is 15.7. The zero-order valence-corrected chi connectivity index (χ0v) is 19.9. The van der Waals surface area contributed by atoms with E-state index in [1.807, 2.05) is 0 Å². The summed E-state index contributed by atoms with van der Waals surface area (Å²) in [5.74, 6) is 0. The first-order valence-electron chi connectivity index (χ1n) is 8.85. The van der Waals surface area contributed by atoms with Crippen LogP contribution in [0.5, 0.6) is 0 Å². The van der Waals surface area contributed by atoms with E-state index in [1.165, 1.54) is 27.8 Å². The maximum Gasteiger partial charge on any atom is 0.0597 e. The van der Waals surface area contributed by atoms with Crippen molar-refractivity contribution in [1.29, 1.82) is 0 Å². The highest BCUT2D eigenvalue weighted by Crippen LogP contribution is 2.48. The second-order valence-electron chi connectivity index (χ2n) is 6.45. The molecule has 0 heterocycles. The Morgan fingerprint density at radius 2 is 0.893 bits per heavy atom. The summed E-state index contributed by atoms with van der Waals surface area (Å²) in [5, 5.41) is -0.311. The second-order valence-corrected chi connectivity index (χ2v) is 7.32. The Kier molecular flexibility index (Phi) is 8.14. The lowest BCUT2D eigenvalue weighted by atomic mass is 9.80. The van der Waals surface area contributed by atoms with E-state index in [-0.39, 0.29) is 32.0 Å². The van der Waals surface area contributed by atoms with Crippen molar-refractivity contribution in [2.45, 2.75) is 5.16 Å². The maximum atomic E-state index is 3.14. The van der Waals surface area contributed by atoms with Gasteiger partial charge in [-0.1, -0.05) is 115 Å². The van der Waals surface area contributed by atoms with E-state index in [0.29, 0.717) is 0 Å². The van der Waals surface area contributed by atoms with E-state index in [9.17, 15) is 0 Å². The minimum Gasteiger partial charge on any atom is -0.153 e. The topological polar surface area (TPSA) is 0 Å². The third-order valence-electron chi connectivity index (χ3n) is 4.89. The van der Waals surface area contributed by atoms with Crippen LogP contribution in [0.4, 0.5) is 0 Å². The van der Waals surface area contributed by atoms with E-state index in [4.69, 9.17) is 0 Å². The van der Waals surface area contributed by atoms with E-state index in [1.54, 1.807) is 0 Å². The molecule has 2 atom stereocenters. The number of rotatable bonds is 4. The maximum absolute atomic E-state index is 3.14. The quantitative estimate of drug-likeness (QED) is 0.221. The molecule has 4 aromatic rings. The molecule has 0 saturated carbocycles. The minimum absolute atomic E-state index is 0. The third kappa shape index (κ3) is 4.28. The largest absolute Gasteiger partial charge is 0.153 e. The van der Waals surface area contributed by atoms with Gasteiger partial charge in [-0.15, -0.1) is 26.2 Å². The smallest absolute Gasteiger partial charge is 0.0597 e. The average molecular weight is 467 g/mol. The number of halogens is 1. The average Bonchev–Trinajstić information content (AvgIpc) is 2.75. The summed E-state index contributed by atoms with van der Waals surface area (Å²) in [4.78, 5) is 0. The van der Waals surface area contributed by atoms with Gasteiger partial charge in [0.2, 0.25) is 0 Å². The summed E-state index contributed by atoms with van der Waals surface area (Å²) >= 11 is 0. The van der Waals surface area contributed by atoms with Crippen molar-refractivity contribution in [2.75, 3.05) is 0 Å². The standard InChI is InChI=1S/C25H21P.BrH.H3P/c26-25(21-14-6-2-7-15-21,22-16-8-3-9-17-22)24-19-11-10-18-23(24)20-12-4-1-5-13-20;;/h1-19H,26H2;1H;1H3. The van der Waals surface area contributed by atoms with E-state index < -0.39 is 0 Å². The molecular formula is C25H25BrP2. The van der Waals surface area contributed by atoms with Gasteiger partial charge in [-0.2, -0.15) is 9.90 Å². The molecule has 0 aliphatic carbocycles. The normalized spacial score (nSPS) is 10.5. The molecule has 0 bridgehead atoms. The molecule has 0 spiro atoms. The van der Waals surface area contributed by atoms with E-state index >= 15 is 0 Å². The summed E-state index contributed by atoms with van der Waals surface area (Å²) in [7, 11) is 3.14. The number of benzene rings is 4. The number of hydrogen-bond acceptors (Lipinski definition) is 0. The second kappa shape index (κ2) is 10.1. The predicted octanol–water partition coefficient (Wildman–Crippen LogP) is 7.16. The molecule has 0 fully saturated rings. The van der Waals surface area contributed by atoms with Crippen LogP contribution in [0.15, 0.2) is 115 Å². The van der Waals surface area contributed by atoms with Gasteiger partial charge in [0.05, 0.1) is 5.16 Å². The SMILES string of the molecule is Br.P.PC(c1ccccc1)(c1ccccc1)c1ccccc1-c1ccccc1.